The van der Waals surface area contributed by atoms with Crippen molar-refractivity contribution in [2.75, 3.05) is 6.54 Å². The quantitative estimate of drug-likeness (QED) is 0.853. The van der Waals surface area contributed by atoms with Gasteiger partial charge in [-0.25, -0.2) is 4.39 Å². The van der Waals surface area contributed by atoms with Crippen molar-refractivity contribution in [3.8, 4) is 0 Å². The number of aliphatic hydroxyl groups is 1. The number of aliphatic hydroxyl groups excluding tert-OH is 1. The summed E-state index contributed by atoms with van der Waals surface area (Å²) in [7, 11) is 0. The molecule has 1 saturated carbocycles. The molecule has 1 aromatic heterocycles. The SMILES string of the molecule is CC(O)CC(C)CNC(=O)c1cc(C2CC2)nc2ccc(F)cc12. The standard InChI is InChI=1S/C19H23FN2O2/c1-11(7-12(2)23)10-21-19(24)16-9-18(13-3-4-13)22-17-6-5-14(20)8-15(16)17/h5-6,8-9,11-13,23H,3-4,7,10H2,1-2H3,(H,21,24). The molecule has 2 atom stereocenters. The minimum absolute atomic E-state index is 0.168. The Morgan fingerprint density at radius 3 is 2.79 bits per heavy atom. The smallest absolute Gasteiger partial charge is 0.252 e. The van der Waals surface area contributed by atoms with Crippen LogP contribution in [0.15, 0.2) is 24.3 Å². The second-order valence-electron chi connectivity index (χ2n) is 6.93. The van der Waals surface area contributed by atoms with Crippen molar-refractivity contribution >= 4 is 16.8 Å². The highest BCUT2D eigenvalue weighted by atomic mass is 19.1. The van der Waals surface area contributed by atoms with E-state index in [9.17, 15) is 14.3 Å². The molecule has 0 radical (unpaired) electrons. The molecule has 4 nitrogen and oxygen atoms in total. The summed E-state index contributed by atoms with van der Waals surface area (Å²) in [6.07, 6.45) is 2.41. The number of rotatable bonds is 6. The molecular weight excluding hydrogens is 307 g/mol. The van der Waals surface area contributed by atoms with Gasteiger partial charge in [-0.15, -0.1) is 0 Å². The number of carbonyl (C=O) groups is 1. The van der Waals surface area contributed by atoms with Crippen molar-refractivity contribution < 1.29 is 14.3 Å². The van der Waals surface area contributed by atoms with Gasteiger partial charge in [0.25, 0.3) is 5.91 Å². The van der Waals surface area contributed by atoms with Gasteiger partial charge >= 0.3 is 0 Å². The molecule has 2 aromatic rings. The third-order valence-corrected chi connectivity index (χ3v) is 4.39. The van der Waals surface area contributed by atoms with E-state index in [4.69, 9.17) is 0 Å². The predicted octanol–water partition coefficient (Wildman–Crippen LogP) is 3.39. The Labute approximate surface area is 141 Å². The lowest BCUT2D eigenvalue weighted by Gasteiger charge is -2.15. The minimum Gasteiger partial charge on any atom is -0.393 e. The van der Waals surface area contributed by atoms with E-state index < -0.39 is 6.10 Å². The molecule has 0 bridgehead atoms. The Bertz CT molecular complexity index is 756. The van der Waals surface area contributed by atoms with Gasteiger partial charge in [0.05, 0.1) is 17.2 Å². The molecular formula is C19H23FN2O2. The van der Waals surface area contributed by atoms with Gasteiger partial charge in [-0.3, -0.25) is 9.78 Å². The molecule has 1 fully saturated rings. The van der Waals surface area contributed by atoms with E-state index in [0.717, 1.165) is 18.5 Å². The lowest BCUT2D eigenvalue weighted by Crippen LogP contribution is -2.29. The maximum atomic E-state index is 13.6. The Hall–Kier alpha value is -2.01. The van der Waals surface area contributed by atoms with E-state index in [1.807, 2.05) is 6.92 Å². The molecule has 0 saturated heterocycles. The summed E-state index contributed by atoms with van der Waals surface area (Å²) in [6, 6.07) is 6.17. The van der Waals surface area contributed by atoms with Gasteiger partial charge in [-0.05, 0) is 56.4 Å². The first-order chi connectivity index (χ1) is 11.4. The molecule has 1 aliphatic rings. The van der Waals surface area contributed by atoms with Crippen LogP contribution >= 0.6 is 0 Å². The fraction of sp³-hybridized carbons (Fsp3) is 0.474. The Morgan fingerprint density at radius 2 is 2.12 bits per heavy atom. The minimum atomic E-state index is -0.394. The summed E-state index contributed by atoms with van der Waals surface area (Å²) >= 11 is 0. The number of aromatic nitrogens is 1. The van der Waals surface area contributed by atoms with Crippen molar-refractivity contribution in [2.45, 2.75) is 45.1 Å². The molecule has 1 aliphatic carbocycles. The van der Waals surface area contributed by atoms with Crippen molar-refractivity contribution in [3.05, 3.63) is 41.3 Å². The van der Waals surface area contributed by atoms with E-state index >= 15 is 0 Å². The molecule has 2 N–H and O–H groups in total. The molecule has 0 aliphatic heterocycles. The molecule has 1 heterocycles. The van der Waals surface area contributed by atoms with E-state index in [1.165, 1.54) is 12.1 Å². The molecule has 1 amide bonds. The Morgan fingerprint density at radius 1 is 1.38 bits per heavy atom. The number of hydrogen-bond acceptors (Lipinski definition) is 3. The van der Waals surface area contributed by atoms with Gasteiger partial charge in [0.15, 0.2) is 0 Å². The number of fused-ring (bicyclic) bond motifs is 1. The first kappa shape index (κ1) is 16.8. The fourth-order valence-corrected chi connectivity index (χ4v) is 3.02. The van der Waals surface area contributed by atoms with Crippen LogP contribution < -0.4 is 5.32 Å². The van der Waals surface area contributed by atoms with Gasteiger partial charge in [-0.2, -0.15) is 0 Å². The number of benzene rings is 1. The number of amides is 1. The van der Waals surface area contributed by atoms with Crippen LogP contribution in [-0.4, -0.2) is 28.6 Å². The van der Waals surface area contributed by atoms with Crippen LogP contribution in [0.5, 0.6) is 0 Å². The molecule has 3 rings (SSSR count). The van der Waals surface area contributed by atoms with Crippen molar-refractivity contribution in [1.29, 1.82) is 0 Å². The van der Waals surface area contributed by atoms with E-state index in [-0.39, 0.29) is 17.6 Å². The van der Waals surface area contributed by atoms with Crippen LogP contribution in [0.25, 0.3) is 10.9 Å². The zero-order valence-electron chi connectivity index (χ0n) is 14.1. The van der Waals surface area contributed by atoms with Gasteiger partial charge < -0.3 is 10.4 Å². The fourth-order valence-electron chi connectivity index (χ4n) is 3.02. The number of carbonyl (C=O) groups excluding carboxylic acids is 1. The van der Waals surface area contributed by atoms with Crippen LogP contribution in [0, 0.1) is 11.7 Å². The maximum Gasteiger partial charge on any atom is 0.252 e. The monoisotopic (exact) mass is 330 g/mol. The van der Waals surface area contributed by atoms with Crippen molar-refractivity contribution in [3.63, 3.8) is 0 Å². The summed E-state index contributed by atoms with van der Waals surface area (Å²) in [5, 5.41) is 12.9. The van der Waals surface area contributed by atoms with Gasteiger partial charge in [0, 0.05) is 23.5 Å². The van der Waals surface area contributed by atoms with Crippen molar-refractivity contribution in [2.24, 2.45) is 5.92 Å². The summed E-state index contributed by atoms with van der Waals surface area (Å²) < 4.78 is 13.6. The third-order valence-electron chi connectivity index (χ3n) is 4.39. The van der Waals surface area contributed by atoms with Gasteiger partial charge in [0.1, 0.15) is 5.82 Å². The topological polar surface area (TPSA) is 62.2 Å². The third kappa shape index (κ3) is 3.90. The molecule has 24 heavy (non-hydrogen) atoms. The number of halogens is 1. The molecule has 0 spiro atoms. The first-order valence-electron chi connectivity index (χ1n) is 8.50. The van der Waals surface area contributed by atoms with E-state index in [1.54, 1.807) is 19.1 Å². The normalized spacial score (nSPS) is 16.8. The highest BCUT2D eigenvalue weighted by Crippen LogP contribution is 2.40. The van der Waals surface area contributed by atoms with Crippen LogP contribution in [-0.2, 0) is 0 Å². The zero-order chi connectivity index (χ0) is 17.3. The summed E-state index contributed by atoms with van der Waals surface area (Å²) in [4.78, 5) is 17.2. The zero-order valence-corrected chi connectivity index (χ0v) is 14.1. The highest BCUT2D eigenvalue weighted by Gasteiger charge is 2.27. The number of pyridine rings is 1. The van der Waals surface area contributed by atoms with Gasteiger partial charge in [0.2, 0.25) is 0 Å². The predicted molar refractivity (Wildman–Crippen MR) is 91.5 cm³/mol. The Kier molecular flexibility index (Phi) is 4.81. The first-order valence-corrected chi connectivity index (χ1v) is 8.50. The molecule has 2 unspecified atom stereocenters. The number of nitrogens with one attached hydrogen (secondary N) is 1. The average molecular weight is 330 g/mol. The largest absolute Gasteiger partial charge is 0.393 e. The maximum absolute atomic E-state index is 13.6. The molecule has 1 aromatic carbocycles. The second-order valence-corrected chi connectivity index (χ2v) is 6.93. The van der Waals surface area contributed by atoms with Gasteiger partial charge in [-0.1, -0.05) is 6.92 Å². The van der Waals surface area contributed by atoms with E-state index in [0.29, 0.717) is 35.3 Å². The van der Waals surface area contributed by atoms with Crippen LogP contribution in [0.4, 0.5) is 4.39 Å². The Balaban J connectivity index is 1.86. The van der Waals surface area contributed by atoms with Crippen LogP contribution in [0.3, 0.4) is 0 Å². The summed E-state index contributed by atoms with van der Waals surface area (Å²) in [5.74, 6) is -0.00538. The lowest BCUT2D eigenvalue weighted by molar-refractivity contribution is 0.0941. The highest BCUT2D eigenvalue weighted by molar-refractivity contribution is 6.06. The summed E-state index contributed by atoms with van der Waals surface area (Å²) in [6.45, 7) is 4.19. The van der Waals surface area contributed by atoms with E-state index in [2.05, 4.69) is 10.3 Å². The lowest BCUT2D eigenvalue weighted by atomic mass is 10.0. The number of hydrogen-bond donors (Lipinski definition) is 2. The number of nitrogens with zero attached hydrogens (tertiary/aromatic N) is 1. The molecule has 128 valence electrons. The second kappa shape index (κ2) is 6.85. The average Bonchev–Trinajstić information content (AvgIpc) is 3.35. The van der Waals surface area contributed by atoms with Crippen molar-refractivity contribution in [1.82, 2.24) is 10.3 Å². The van der Waals surface area contributed by atoms with Crippen LogP contribution in [0.1, 0.15) is 55.1 Å². The summed E-state index contributed by atoms with van der Waals surface area (Å²) in [5.41, 5.74) is 2.05. The molecule has 5 heteroatoms. The van der Waals surface area contributed by atoms with Crippen LogP contribution in [0.2, 0.25) is 0 Å².